The van der Waals surface area contributed by atoms with Gasteiger partial charge in [0.05, 0.1) is 6.42 Å². The monoisotopic (exact) mass is 225 g/mol. The molecule has 1 fully saturated rings. The number of hydrogen-bond acceptors (Lipinski definition) is 2. The third kappa shape index (κ3) is 2.42. The fraction of sp³-hybridized carbons (Fsp3) is 0.889. The van der Waals surface area contributed by atoms with Gasteiger partial charge in [0.1, 0.15) is 5.54 Å². The Morgan fingerprint density at radius 3 is 2.13 bits per heavy atom. The van der Waals surface area contributed by atoms with Crippen molar-refractivity contribution < 1.29 is 23.1 Å². The lowest BCUT2D eigenvalue weighted by molar-refractivity contribution is -0.227. The Labute approximate surface area is 85.9 Å². The van der Waals surface area contributed by atoms with Gasteiger partial charge in [0.25, 0.3) is 0 Å². The van der Waals surface area contributed by atoms with Crippen molar-refractivity contribution in [3.05, 3.63) is 0 Å². The van der Waals surface area contributed by atoms with Gasteiger partial charge in [-0.15, -0.1) is 0 Å². The summed E-state index contributed by atoms with van der Waals surface area (Å²) >= 11 is 0. The van der Waals surface area contributed by atoms with E-state index >= 15 is 0 Å². The van der Waals surface area contributed by atoms with Crippen molar-refractivity contribution in [3.63, 3.8) is 0 Å². The van der Waals surface area contributed by atoms with Crippen LogP contribution in [0.1, 0.15) is 26.2 Å². The molecule has 1 aliphatic rings. The average Bonchev–Trinajstić information content (AvgIpc) is 2.51. The van der Waals surface area contributed by atoms with Crippen LogP contribution in [0.25, 0.3) is 0 Å². The minimum absolute atomic E-state index is 0.323. The molecule has 0 radical (unpaired) electrons. The summed E-state index contributed by atoms with van der Waals surface area (Å²) in [4.78, 5) is 11.7. The molecule has 0 aromatic carbocycles. The van der Waals surface area contributed by atoms with Crippen LogP contribution < -0.4 is 0 Å². The van der Waals surface area contributed by atoms with Gasteiger partial charge >= 0.3 is 12.1 Å². The molecule has 1 rings (SSSR count). The van der Waals surface area contributed by atoms with Gasteiger partial charge in [-0.25, -0.2) is 0 Å². The van der Waals surface area contributed by atoms with Crippen molar-refractivity contribution in [1.82, 2.24) is 4.90 Å². The number of carboxylic acid groups (broad SMARTS) is 1. The largest absolute Gasteiger partial charge is 0.481 e. The van der Waals surface area contributed by atoms with Gasteiger partial charge in [-0.05, 0) is 32.9 Å². The second-order valence-electron chi connectivity index (χ2n) is 4.04. The van der Waals surface area contributed by atoms with E-state index in [1.165, 1.54) is 4.90 Å². The summed E-state index contributed by atoms with van der Waals surface area (Å²) in [5.74, 6) is -1.42. The Morgan fingerprint density at radius 2 is 1.80 bits per heavy atom. The Bertz CT molecular complexity index is 248. The van der Waals surface area contributed by atoms with Gasteiger partial charge in [0.2, 0.25) is 0 Å². The Kier molecular flexibility index (Phi) is 3.28. The smallest absolute Gasteiger partial charge is 0.407 e. The quantitative estimate of drug-likeness (QED) is 0.797. The lowest BCUT2D eigenvalue weighted by Gasteiger charge is -2.39. The molecule has 3 nitrogen and oxygen atoms in total. The van der Waals surface area contributed by atoms with Crippen LogP contribution in [-0.4, -0.2) is 40.8 Å². The number of carboxylic acids is 1. The topological polar surface area (TPSA) is 40.5 Å². The Balaban J connectivity index is 2.89. The van der Waals surface area contributed by atoms with Crippen LogP contribution in [0.3, 0.4) is 0 Å². The number of hydrogen-bond donors (Lipinski definition) is 1. The van der Waals surface area contributed by atoms with Crippen molar-refractivity contribution >= 4 is 5.97 Å². The van der Waals surface area contributed by atoms with Crippen LogP contribution in [0.2, 0.25) is 0 Å². The zero-order valence-electron chi connectivity index (χ0n) is 8.47. The fourth-order valence-electron chi connectivity index (χ4n) is 1.90. The van der Waals surface area contributed by atoms with E-state index < -0.39 is 24.1 Å². The maximum atomic E-state index is 12.8. The lowest BCUT2D eigenvalue weighted by atomic mass is 9.95. The maximum Gasteiger partial charge on any atom is 0.407 e. The lowest BCUT2D eigenvalue weighted by Crippen LogP contribution is -2.56. The number of likely N-dealkylation sites (tertiary alicyclic amines) is 1. The van der Waals surface area contributed by atoms with Crippen LogP contribution >= 0.6 is 0 Å². The van der Waals surface area contributed by atoms with E-state index in [2.05, 4.69) is 0 Å². The first-order valence-electron chi connectivity index (χ1n) is 4.81. The predicted molar refractivity (Wildman–Crippen MR) is 47.5 cm³/mol. The first-order chi connectivity index (χ1) is 6.77. The number of rotatable bonds is 3. The van der Waals surface area contributed by atoms with Crippen molar-refractivity contribution in [2.24, 2.45) is 0 Å². The summed E-state index contributed by atoms with van der Waals surface area (Å²) < 4.78 is 38.4. The second kappa shape index (κ2) is 4.00. The molecule has 0 aromatic heterocycles. The van der Waals surface area contributed by atoms with Crippen LogP contribution in [0.4, 0.5) is 13.2 Å². The average molecular weight is 225 g/mol. The standard InChI is InChI=1S/C9H14F3NO2/c1-8(6-7(14)15,9(10,11)12)13-4-2-3-5-13/h2-6H2,1H3,(H,14,15). The highest BCUT2D eigenvalue weighted by Crippen LogP contribution is 2.39. The van der Waals surface area contributed by atoms with E-state index in [1.54, 1.807) is 0 Å². The second-order valence-corrected chi connectivity index (χ2v) is 4.04. The van der Waals surface area contributed by atoms with E-state index in [1.807, 2.05) is 0 Å². The minimum Gasteiger partial charge on any atom is -0.481 e. The van der Waals surface area contributed by atoms with Gasteiger partial charge < -0.3 is 5.11 Å². The summed E-state index contributed by atoms with van der Waals surface area (Å²) in [5.41, 5.74) is -2.23. The molecular weight excluding hydrogens is 211 g/mol. The zero-order valence-corrected chi connectivity index (χ0v) is 8.47. The van der Waals surface area contributed by atoms with Gasteiger partial charge in [-0.1, -0.05) is 0 Å². The molecule has 0 bridgehead atoms. The van der Waals surface area contributed by atoms with Crippen LogP contribution in [-0.2, 0) is 4.79 Å². The molecule has 0 amide bonds. The maximum absolute atomic E-state index is 12.8. The van der Waals surface area contributed by atoms with Crippen molar-refractivity contribution in [3.8, 4) is 0 Å². The normalized spacial score (nSPS) is 22.7. The molecule has 6 heteroatoms. The van der Waals surface area contributed by atoms with Crippen molar-refractivity contribution in [2.45, 2.75) is 37.9 Å². The van der Waals surface area contributed by atoms with E-state index in [4.69, 9.17) is 5.11 Å². The van der Waals surface area contributed by atoms with Crippen LogP contribution in [0.5, 0.6) is 0 Å². The van der Waals surface area contributed by atoms with E-state index in [-0.39, 0.29) is 0 Å². The molecule has 1 saturated heterocycles. The number of alkyl halides is 3. The summed E-state index contributed by atoms with van der Waals surface area (Å²) in [7, 11) is 0. The number of nitrogens with zero attached hydrogens (tertiary/aromatic N) is 1. The Morgan fingerprint density at radius 1 is 1.33 bits per heavy atom. The molecule has 0 saturated carbocycles. The molecule has 0 aliphatic carbocycles. The summed E-state index contributed by atoms with van der Waals surface area (Å²) in [6.07, 6.45) is -4.00. The van der Waals surface area contributed by atoms with Crippen molar-refractivity contribution in [2.75, 3.05) is 13.1 Å². The summed E-state index contributed by atoms with van der Waals surface area (Å²) in [5, 5.41) is 8.55. The SMILES string of the molecule is CC(CC(=O)O)(N1CCCC1)C(F)(F)F. The van der Waals surface area contributed by atoms with Gasteiger partial charge in [-0.3, -0.25) is 9.69 Å². The molecule has 1 unspecified atom stereocenters. The van der Waals surface area contributed by atoms with Crippen LogP contribution in [0.15, 0.2) is 0 Å². The highest BCUT2D eigenvalue weighted by molar-refractivity contribution is 5.68. The molecule has 1 N–H and O–H groups in total. The van der Waals surface area contributed by atoms with Gasteiger partial charge in [0.15, 0.2) is 0 Å². The van der Waals surface area contributed by atoms with E-state index in [0.717, 1.165) is 6.92 Å². The van der Waals surface area contributed by atoms with E-state index in [0.29, 0.717) is 25.9 Å². The Hall–Kier alpha value is -0.780. The third-order valence-electron chi connectivity index (χ3n) is 2.91. The van der Waals surface area contributed by atoms with Crippen LogP contribution in [0, 0.1) is 0 Å². The van der Waals surface area contributed by atoms with Crippen molar-refractivity contribution in [1.29, 1.82) is 0 Å². The summed E-state index contributed by atoms with van der Waals surface area (Å²) in [6.45, 7) is 1.61. The number of halogens is 3. The highest BCUT2D eigenvalue weighted by Gasteiger charge is 2.56. The number of aliphatic carboxylic acids is 1. The van der Waals surface area contributed by atoms with E-state index in [9.17, 15) is 18.0 Å². The molecule has 88 valence electrons. The first kappa shape index (κ1) is 12.3. The molecule has 1 atom stereocenters. The predicted octanol–water partition coefficient (Wildman–Crippen LogP) is 1.88. The number of carbonyl (C=O) groups is 1. The zero-order chi connectivity index (χ0) is 11.7. The highest BCUT2D eigenvalue weighted by atomic mass is 19.4. The molecule has 1 aliphatic heterocycles. The minimum atomic E-state index is -4.50. The molecule has 1 heterocycles. The molecule has 15 heavy (non-hydrogen) atoms. The molecule has 0 aromatic rings. The summed E-state index contributed by atoms with van der Waals surface area (Å²) in [6, 6.07) is 0. The third-order valence-corrected chi connectivity index (χ3v) is 2.91. The fourth-order valence-corrected chi connectivity index (χ4v) is 1.90. The van der Waals surface area contributed by atoms with Gasteiger partial charge in [0, 0.05) is 0 Å². The molecule has 0 spiro atoms. The first-order valence-corrected chi connectivity index (χ1v) is 4.81. The van der Waals surface area contributed by atoms with Gasteiger partial charge in [-0.2, -0.15) is 13.2 Å². The molecular formula is C9H14F3NO2.